The molecule has 0 amide bonds. The highest BCUT2D eigenvalue weighted by atomic mass is 16.7. The molecule has 244 valence electrons. The number of phenolic OH excluding ortho intramolecular Hbond substituents is 3. The van der Waals surface area contributed by atoms with Crippen LogP contribution >= 0.6 is 0 Å². The number of benzene rings is 2. The van der Waals surface area contributed by atoms with E-state index < -0.39 is 125 Å². The van der Waals surface area contributed by atoms with E-state index in [1.807, 2.05) is 0 Å². The second-order valence-corrected chi connectivity index (χ2v) is 10.9. The van der Waals surface area contributed by atoms with Gasteiger partial charge >= 0.3 is 5.97 Å². The van der Waals surface area contributed by atoms with Crippen LogP contribution < -0.4 is 10.2 Å². The number of fused-ring (bicyclic) bond motifs is 1. The highest BCUT2D eigenvalue weighted by Gasteiger charge is 2.51. The van der Waals surface area contributed by atoms with E-state index in [9.17, 15) is 65.8 Å². The molecule has 1 aliphatic carbocycles. The quantitative estimate of drug-likeness (QED) is 0.0992. The molecule has 0 unspecified atom stereocenters. The summed E-state index contributed by atoms with van der Waals surface area (Å²) in [5, 5.41) is 112. The van der Waals surface area contributed by atoms with Crippen molar-refractivity contribution in [2.75, 3.05) is 6.61 Å². The average molecular weight is 639 g/mol. The first-order valence-corrected chi connectivity index (χ1v) is 13.5. The molecule has 0 bridgehead atoms. The molecule has 2 heterocycles. The Morgan fingerprint density at radius 2 is 1.49 bits per heavy atom. The fraction of sp³-hybridized carbons (Fsp3) is 0.429. The number of rotatable bonds is 6. The molecule has 2 aromatic carbocycles. The van der Waals surface area contributed by atoms with Crippen molar-refractivity contribution < 1.29 is 79.6 Å². The van der Waals surface area contributed by atoms with E-state index >= 15 is 0 Å². The van der Waals surface area contributed by atoms with Crippen LogP contribution in [0.3, 0.4) is 0 Å². The lowest BCUT2D eigenvalue weighted by Crippen LogP contribution is -2.61. The minimum absolute atomic E-state index is 0.105. The summed E-state index contributed by atoms with van der Waals surface area (Å²) in [7, 11) is 0. The fourth-order valence-electron chi connectivity index (χ4n) is 5.21. The van der Waals surface area contributed by atoms with Gasteiger partial charge in [-0.2, -0.15) is 0 Å². The first-order valence-electron chi connectivity index (χ1n) is 13.5. The zero-order valence-electron chi connectivity index (χ0n) is 23.0. The number of aliphatic hydroxyl groups is 7. The highest BCUT2D eigenvalue weighted by molar-refractivity contribution is 5.93. The van der Waals surface area contributed by atoms with Crippen molar-refractivity contribution in [3.63, 3.8) is 0 Å². The first-order chi connectivity index (χ1) is 21.1. The molecule has 1 saturated carbocycles. The molecule has 11 N–H and O–H groups in total. The van der Waals surface area contributed by atoms with Crippen molar-refractivity contribution in [3.8, 4) is 40.1 Å². The lowest BCUT2D eigenvalue weighted by Gasteiger charge is -2.41. The van der Waals surface area contributed by atoms with Gasteiger partial charge in [0, 0.05) is 24.5 Å². The van der Waals surface area contributed by atoms with E-state index in [4.69, 9.17) is 18.6 Å². The largest absolute Gasteiger partial charge is 0.508 e. The molecule has 0 radical (unpaired) electrons. The Balaban J connectivity index is 1.39. The predicted molar refractivity (Wildman–Crippen MR) is 145 cm³/mol. The molecule has 17 nitrogen and oxygen atoms in total. The third-order valence-electron chi connectivity index (χ3n) is 7.74. The monoisotopic (exact) mass is 638 g/mol. The molecule has 7 atom stereocenters. The molecular formula is C28H30O17. The van der Waals surface area contributed by atoms with Crippen LogP contribution in [0.5, 0.6) is 28.7 Å². The average Bonchev–Trinajstić information content (AvgIpc) is 2.99. The number of aromatic hydroxyl groups is 4. The molecule has 5 rings (SSSR count). The van der Waals surface area contributed by atoms with Crippen molar-refractivity contribution in [1.29, 1.82) is 0 Å². The Morgan fingerprint density at radius 3 is 2.11 bits per heavy atom. The van der Waals surface area contributed by atoms with E-state index in [0.29, 0.717) is 0 Å². The Morgan fingerprint density at radius 1 is 0.867 bits per heavy atom. The number of carbonyl (C=O) groups is 1. The van der Waals surface area contributed by atoms with Gasteiger partial charge in [-0.25, -0.2) is 4.79 Å². The summed E-state index contributed by atoms with van der Waals surface area (Å²) < 4.78 is 21.4. The van der Waals surface area contributed by atoms with Crippen LogP contribution in [-0.2, 0) is 14.3 Å². The van der Waals surface area contributed by atoms with Crippen LogP contribution in [0.15, 0.2) is 39.5 Å². The summed E-state index contributed by atoms with van der Waals surface area (Å²) in [4.78, 5) is 25.5. The number of phenols is 3. The molecule has 1 aromatic heterocycles. The van der Waals surface area contributed by atoms with Crippen molar-refractivity contribution in [2.45, 2.75) is 67.5 Å². The van der Waals surface area contributed by atoms with E-state index in [0.717, 1.165) is 6.07 Å². The number of aliphatic hydroxyl groups excluding tert-OH is 6. The van der Waals surface area contributed by atoms with Gasteiger partial charge in [0.1, 0.15) is 54.0 Å². The lowest BCUT2D eigenvalue weighted by molar-refractivity contribution is -0.280. The molecular weight excluding hydrogens is 608 g/mol. The summed E-state index contributed by atoms with van der Waals surface area (Å²) in [5.41, 5.74) is -4.12. The van der Waals surface area contributed by atoms with E-state index in [1.165, 1.54) is 24.3 Å². The van der Waals surface area contributed by atoms with Gasteiger partial charge in [0.15, 0.2) is 22.7 Å². The van der Waals surface area contributed by atoms with Gasteiger partial charge in [-0.05, 0) is 24.3 Å². The van der Waals surface area contributed by atoms with Gasteiger partial charge < -0.3 is 74.8 Å². The molecule has 2 fully saturated rings. The highest BCUT2D eigenvalue weighted by Crippen LogP contribution is 2.43. The predicted octanol–water partition coefficient (Wildman–Crippen LogP) is -2.38. The van der Waals surface area contributed by atoms with Gasteiger partial charge in [-0.15, -0.1) is 0 Å². The molecule has 1 saturated heterocycles. The maximum Gasteiger partial charge on any atom is 0.338 e. The molecule has 17 heteroatoms. The van der Waals surface area contributed by atoms with Gasteiger partial charge in [0.2, 0.25) is 23.2 Å². The second kappa shape index (κ2) is 12.0. The zero-order valence-corrected chi connectivity index (χ0v) is 23.0. The smallest absolute Gasteiger partial charge is 0.338 e. The summed E-state index contributed by atoms with van der Waals surface area (Å²) in [6.07, 6.45) is -15.7. The van der Waals surface area contributed by atoms with E-state index in [2.05, 4.69) is 0 Å². The Kier molecular flexibility index (Phi) is 8.55. The number of hydrogen-bond donors (Lipinski definition) is 11. The van der Waals surface area contributed by atoms with Gasteiger partial charge in [0.05, 0.1) is 12.2 Å². The molecule has 3 aromatic rings. The summed E-state index contributed by atoms with van der Waals surface area (Å²) in [5.74, 6) is -5.28. The van der Waals surface area contributed by atoms with Gasteiger partial charge in [0.25, 0.3) is 0 Å². The Hall–Kier alpha value is -4.20. The number of hydrogen-bond acceptors (Lipinski definition) is 17. The second-order valence-electron chi connectivity index (χ2n) is 10.9. The molecule has 0 spiro atoms. The van der Waals surface area contributed by atoms with E-state index in [-0.39, 0.29) is 11.3 Å². The minimum Gasteiger partial charge on any atom is -0.508 e. The molecule has 45 heavy (non-hydrogen) atoms. The zero-order chi connectivity index (χ0) is 33.0. The number of esters is 1. The summed E-state index contributed by atoms with van der Waals surface area (Å²) in [6.45, 7) is -0.861. The van der Waals surface area contributed by atoms with Gasteiger partial charge in [-0.1, -0.05) is 0 Å². The standard InChI is InChI=1S/C28H30O17/c29-10-3-1-9(2-4-10)24-22(38)20(36)16-11(30)5-14(19(35)25(16)45-24)43-26-23(39)21(37)18(34)15(44-26)8-42-27(40)28(41)6-12(31)17(33)13(32)7-28/h1-5,12-13,15,17-18,21,23,26,29-35,37-39,41H,6-8H2/t12-,13-,15-,17?,18+,21+,23-,26-,28?/m1/s1. The fourth-order valence-corrected chi connectivity index (χ4v) is 5.21. The van der Waals surface area contributed by atoms with Crippen LogP contribution in [0.1, 0.15) is 12.8 Å². The van der Waals surface area contributed by atoms with Gasteiger partial charge in [-0.3, -0.25) is 4.79 Å². The summed E-state index contributed by atoms with van der Waals surface area (Å²) >= 11 is 0. The maximum atomic E-state index is 12.9. The van der Waals surface area contributed by atoms with Crippen molar-refractivity contribution in [2.24, 2.45) is 0 Å². The Bertz CT molecular complexity index is 1620. The van der Waals surface area contributed by atoms with E-state index in [1.54, 1.807) is 0 Å². The van der Waals surface area contributed by atoms with Crippen LogP contribution in [0.2, 0.25) is 0 Å². The molecule has 2 aliphatic rings. The normalized spacial score (nSPS) is 31.9. The van der Waals surface area contributed by atoms with Crippen LogP contribution in [0, 0.1) is 0 Å². The lowest BCUT2D eigenvalue weighted by atomic mass is 9.79. The third kappa shape index (κ3) is 5.83. The SMILES string of the molecule is O=C(OC[C@H]1O[C@@H](Oc2cc(O)c3c(=O)c(O)c(-c4ccc(O)cc4)oc3c2O)[C@H](O)[C@@H](O)[C@H]1O)C1(O)C[C@@H](O)C(O)[C@H](O)C1. The minimum atomic E-state index is -2.42. The number of ether oxygens (including phenoxy) is 3. The van der Waals surface area contributed by atoms with Crippen molar-refractivity contribution in [3.05, 3.63) is 40.6 Å². The first kappa shape index (κ1) is 32.2. The van der Waals surface area contributed by atoms with Crippen LogP contribution in [-0.4, -0.2) is 123 Å². The Labute approximate surface area is 251 Å². The third-order valence-corrected chi connectivity index (χ3v) is 7.74. The summed E-state index contributed by atoms with van der Waals surface area (Å²) in [6, 6.07) is 5.78. The number of carbonyl (C=O) groups excluding carboxylic acids is 1. The van der Waals surface area contributed by atoms with Crippen molar-refractivity contribution in [1.82, 2.24) is 0 Å². The van der Waals surface area contributed by atoms with Crippen LogP contribution in [0.4, 0.5) is 0 Å². The molecule has 1 aliphatic heterocycles. The van der Waals surface area contributed by atoms with Crippen LogP contribution in [0.25, 0.3) is 22.3 Å². The van der Waals surface area contributed by atoms with Crippen molar-refractivity contribution >= 4 is 16.9 Å². The topological polar surface area (TPSA) is 298 Å². The maximum absolute atomic E-state index is 12.9.